The number of carbonyl (C=O) groups is 1. The van der Waals surface area contributed by atoms with E-state index in [0.717, 1.165) is 30.5 Å². The molecular formula is C21H20ClN3O4S. The van der Waals surface area contributed by atoms with Crippen molar-refractivity contribution in [3.8, 4) is 0 Å². The number of ether oxygens (including phenoxy) is 1. The molecule has 0 bridgehead atoms. The minimum atomic E-state index is -3.68. The molecule has 30 heavy (non-hydrogen) atoms. The summed E-state index contributed by atoms with van der Waals surface area (Å²) in [6.45, 7) is 3.29. The van der Waals surface area contributed by atoms with Crippen molar-refractivity contribution in [2.75, 3.05) is 6.61 Å². The van der Waals surface area contributed by atoms with Gasteiger partial charge in [0.25, 0.3) is 5.91 Å². The number of hydrogen-bond acceptors (Lipinski definition) is 5. The predicted octanol–water partition coefficient (Wildman–Crippen LogP) is 3.18. The Kier molecular flexibility index (Phi) is 3.56. The van der Waals surface area contributed by atoms with E-state index in [1.54, 1.807) is 34.8 Å². The fourth-order valence-electron chi connectivity index (χ4n) is 5.93. The molecule has 1 saturated heterocycles. The molecular weight excluding hydrogens is 426 g/mol. The first-order chi connectivity index (χ1) is 14.3. The molecule has 9 heteroatoms. The SMILES string of the molecule is C=COCC(=O)n1cc2c(n1)CC1C3(CC3)CC13C2N3S(=O)(=O)c1ccc(Cl)cc1. The molecule has 156 valence electrons. The summed E-state index contributed by atoms with van der Waals surface area (Å²) in [5.74, 6) is -0.0490. The second-order valence-electron chi connectivity index (χ2n) is 8.79. The van der Waals surface area contributed by atoms with E-state index in [4.69, 9.17) is 16.3 Å². The molecule has 0 radical (unpaired) electrons. The summed E-state index contributed by atoms with van der Waals surface area (Å²) in [5, 5.41) is 5.00. The predicted molar refractivity (Wildman–Crippen MR) is 108 cm³/mol. The van der Waals surface area contributed by atoms with Gasteiger partial charge in [-0.05, 0) is 61.3 Å². The average molecular weight is 446 g/mol. The molecule has 3 aliphatic carbocycles. The number of fused-ring (bicyclic) bond motifs is 3. The molecule has 0 amide bonds. The minimum absolute atomic E-state index is 0.153. The van der Waals surface area contributed by atoms with Crippen LogP contribution in [-0.2, 0) is 21.2 Å². The van der Waals surface area contributed by atoms with Gasteiger partial charge in [0.15, 0.2) is 6.61 Å². The quantitative estimate of drug-likeness (QED) is 0.521. The summed E-state index contributed by atoms with van der Waals surface area (Å²) in [7, 11) is -3.68. The highest BCUT2D eigenvalue weighted by molar-refractivity contribution is 7.89. The molecule has 4 atom stereocenters. The lowest BCUT2D eigenvalue weighted by atomic mass is 9.55. The summed E-state index contributed by atoms with van der Waals surface area (Å²) >= 11 is 5.95. The van der Waals surface area contributed by atoms with Crippen LogP contribution in [-0.4, -0.2) is 40.6 Å². The highest BCUT2D eigenvalue weighted by atomic mass is 35.5. The first-order valence-corrected chi connectivity index (χ1v) is 11.8. The fraction of sp³-hybridized carbons (Fsp3) is 0.429. The Hall–Kier alpha value is -2.16. The van der Waals surface area contributed by atoms with Crippen LogP contribution in [0.3, 0.4) is 0 Å². The van der Waals surface area contributed by atoms with E-state index >= 15 is 0 Å². The summed E-state index contributed by atoms with van der Waals surface area (Å²) in [5.41, 5.74) is 1.54. The third-order valence-electron chi connectivity index (χ3n) is 7.39. The molecule has 4 unspecified atom stereocenters. The smallest absolute Gasteiger partial charge is 0.284 e. The maximum Gasteiger partial charge on any atom is 0.284 e. The van der Waals surface area contributed by atoms with E-state index in [2.05, 4.69) is 11.7 Å². The van der Waals surface area contributed by atoms with Gasteiger partial charge in [0.1, 0.15) is 0 Å². The lowest BCUT2D eigenvalue weighted by Crippen LogP contribution is -2.52. The zero-order chi connectivity index (χ0) is 20.9. The number of nitrogens with zero attached hydrogens (tertiary/aromatic N) is 3. The highest BCUT2D eigenvalue weighted by Crippen LogP contribution is 2.83. The summed E-state index contributed by atoms with van der Waals surface area (Å²) in [6, 6.07) is 6.04. The van der Waals surface area contributed by atoms with Crippen molar-refractivity contribution in [2.45, 2.75) is 42.2 Å². The minimum Gasteiger partial charge on any atom is -0.492 e. The molecule has 4 aliphatic rings. The summed E-state index contributed by atoms with van der Waals surface area (Å²) in [4.78, 5) is 12.6. The second-order valence-corrected chi connectivity index (χ2v) is 11.0. The van der Waals surface area contributed by atoms with Gasteiger partial charge in [0.2, 0.25) is 10.0 Å². The monoisotopic (exact) mass is 445 g/mol. The molecule has 1 aliphatic heterocycles. The van der Waals surface area contributed by atoms with E-state index < -0.39 is 10.0 Å². The highest BCUT2D eigenvalue weighted by Gasteiger charge is 2.86. The molecule has 2 aromatic rings. The van der Waals surface area contributed by atoms with Gasteiger partial charge < -0.3 is 4.74 Å². The van der Waals surface area contributed by atoms with Gasteiger partial charge in [0, 0.05) is 16.8 Å². The van der Waals surface area contributed by atoms with Crippen LogP contribution in [0.5, 0.6) is 0 Å². The molecule has 2 saturated carbocycles. The fourth-order valence-corrected chi connectivity index (χ4v) is 8.03. The van der Waals surface area contributed by atoms with Crippen molar-refractivity contribution in [1.82, 2.24) is 14.1 Å². The maximum absolute atomic E-state index is 13.5. The van der Waals surface area contributed by atoms with Gasteiger partial charge >= 0.3 is 0 Å². The lowest BCUT2D eigenvalue weighted by molar-refractivity contribution is 0.0546. The van der Waals surface area contributed by atoms with Gasteiger partial charge in [-0.25, -0.2) is 13.1 Å². The van der Waals surface area contributed by atoms with E-state index in [1.165, 1.54) is 10.9 Å². The van der Waals surface area contributed by atoms with Crippen LogP contribution < -0.4 is 0 Å². The number of halogens is 1. The molecule has 6 rings (SSSR count). The number of aromatic nitrogens is 2. The number of benzene rings is 1. The van der Waals surface area contributed by atoms with Crippen LogP contribution in [0.1, 0.15) is 41.4 Å². The van der Waals surface area contributed by atoms with Crippen LogP contribution in [0.15, 0.2) is 48.2 Å². The van der Waals surface area contributed by atoms with Gasteiger partial charge in [-0.15, -0.1) is 0 Å². The van der Waals surface area contributed by atoms with Crippen molar-refractivity contribution >= 4 is 27.5 Å². The Labute approximate surface area is 179 Å². The largest absolute Gasteiger partial charge is 0.492 e. The summed E-state index contributed by atoms with van der Waals surface area (Å²) < 4.78 is 35.0. The van der Waals surface area contributed by atoms with Crippen LogP contribution in [0.25, 0.3) is 0 Å². The van der Waals surface area contributed by atoms with E-state index in [9.17, 15) is 13.2 Å². The number of rotatable bonds is 5. The van der Waals surface area contributed by atoms with Gasteiger partial charge in [-0.2, -0.15) is 9.40 Å². The first kappa shape index (κ1) is 18.6. The van der Waals surface area contributed by atoms with Crippen molar-refractivity contribution in [1.29, 1.82) is 0 Å². The maximum atomic E-state index is 13.5. The van der Waals surface area contributed by atoms with Gasteiger partial charge in [-0.1, -0.05) is 18.2 Å². The average Bonchev–Trinajstić information content (AvgIpc) is 3.61. The first-order valence-electron chi connectivity index (χ1n) is 9.98. The van der Waals surface area contributed by atoms with Crippen molar-refractivity contribution in [3.63, 3.8) is 0 Å². The van der Waals surface area contributed by atoms with Crippen molar-refractivity contribution in [2.24, 2.45) is 11.3 Å². The van der Waals surface area contributed by atoms with Gasteiger partial charge in [-0.3, -0.25) is 4.79 Å². The van der Waals surface area contributed by atoms with Crippen LogP contribution in [0.2, 0.25) is 5.02 Å². The molecule has 2 spiro atoms. The van der Waals surface area contributed by atoms with E-state index in [1.807, 2.05) is 0 Å². The van der Waals surface area contributed by atoms with Crippen LogP contribution in [0.4, 0.5) is 0 Å². The Bertz CT molecular complexity index is 1200. The molecule has 0 N–H and O–H groups in total. The third-order valence-corrected chi connectivity index (χ3v) is 9.57. The standard InChI is InChI=1S/C21H20ClN3O4S/c1-2-29-11-18(26)24-10-15-16(23-24)9-17-20(7-8-20)12-21(17)19(15)25(21)30(27,28)14-5-3-13(22)4-6-14/h2-6,10,17,19H,1,7-9,11-12H2. The number of sulfonamides is 1. The Balaban J connectivity index is 1.41. The number of hydrogen-bond donors (Lipinski definition) is 0. The second kappa shape index (κ2) is 5.75. The van der Waals surface area contributed by atoms with Crippen molar-refractivity contribution < 1.29 is 17.9 Å². The van der Waals surface area contributed by atoms with E-state index in [-0.39, 0.29) is 40.3 Å². The normalized spacial score (nSPS) is 31.7. The van der Waals surface area contributed by atoms with Crippen molar-refractivity contribution in [3.05, 3.63) is 59.6 Å². The Morgan fingerprint density at radius 3 is 2.73 bits per heavy atom. The number of carbonyl (C=O) groups excluding carboxylic acids is 1. The Morgan fingerprint density at radius 2 is 2.07 bits per heavy atom. The molecule has 2 heterocycles. The Morgan fingerprint density at radius 1 is 1.33 bits per heavy atom. The van der Waals surface area contributed by atoms with Crippen LogP contribution >= 0.6 is 11.6 Å². The van der Waals surface area contributed by atoms with E-state index in [0.29, 0.717) is 11.4 Å². The zero-order valence-electron chi connectivity index (χ0n) is 16.1. The zero-order valence-corrected chi connectivity index (χ0v) is 17.7. The molecule has 7 nitrogen and oxygen atoms in total. The topological polar surface area (TPSA) is 81.3 Å². The molecule has 1 aromatic heterocycles. The van der Waals surface area contributed by atoms with Gasteiger partial charge in [0.05, 0.1) is 28.4 Å². The third kappa shape index (κ3) is 2.22. The van der Waals surface area contributed by atoms with Crippen LogP contribution in [0, 0.1) is 11.3 Å². The molecule has 3 fully saturated rings. The summed E-state index contributed by atoms with van der Waals surface area (Å²) in [6.07, 6.45) is 6.78. The molecule has 1 aromatic carbocycles. The lowest BCUT2D eigenvalue weighted by Gasteiger charge is -2.48.